The maximum absolute atomic E-state index is 13.1. The van der Waals surface area contributed by atoms with Crippen molar-refractivity contribution in [3.05, 3.63) is 59.0 Å². The number of nitrogens with one attached hydrogen (secondary N) is 1. The van der Waals surface area contributed by atoms with Crippen LogP contribution in [0, 0.1) is 18.8 Å². The predicted molar refractivity (Wildman–Crippen MR) is 140 cm³/mol. The molecule has 2 aromatic carbocycles. The first-order chi connectivity index (χ1) is 16.7. The predicted octanol–water partition coefficient (Wildman–Crippen LogP) is 5.44. The van der Waals surface area contributed by atoms with Gasteiger partial charge in [-0.1, -0.05) is 13.8 Å². The lowest BCUT2D eigenvalue weighted by Crippen LogP contribution is -2.42. The smallest absolute Gasteiger partial charge is 0.257 e. The first-order valence-electron chi connectivity index (χ1n) is 11.8. The minimum atomic E-state index is -3.59. The zero-order valence-corrected chi connectivity index (χ0v) is 22.1. The second kappa shape index (κ2) is 10.5. The normalized spacial score (nSPS) is 18.9. The van der Waals surface area contributed by atoms with E-state index in [9.17, 15) is 13.2 Å². The molecule has 1 N–H and O–H groups in total. The van der Waals surface area contributed by atoms with E-state index < -0.39 is 10.0 Å². The van der Waals surface area contributed by atoms with Crippen LogP contribution >= 0.6 is 11.3 Å². The number of aryl methyl sites for hydroxylation is 1. The molecule has 1 aliphatic rings. The highest BCUT2D eigenvalue weighted by atomic mass is 32.2. The number of rotatable bonds is 7. The van der Waals surface area contributed by atoms with E-state index in [2.05, 4.69) is 24.1 Å². The quantitative estimate of drug-likeness (QED) is 0.455. The third kappa shape index (κ3) is 5.74. The van der Waals surface area contributed by atoms with Crippen molar-refractivity contribution in [2.24, 2.45) is 11.8 Å². The largest absolute Gasteiger partial charge is 0.494 e. The molecular weight excluding hydrogens is 482 g/mol. The van der Waals surface area contributed by atoms with Gasteiger partial charge < -0.3 is 4.74 Å². The summed E-state index contributed by atoms with van der Waals surface area (Å²) < 4.78 is 33.2. The third-order valence-electron chi connectivity index (χ3n) is 6.05. The summed E-state index contributed by atoms with van der Waals surface area (Å²) in [5.41, 5.74) is 2.12. The third-order valence-corrected chi connectivity index (χ3v) is 8.78. The maximum Gasteiger partial charge on any atom is 0.257 e. The summed E-state index contributed by atoms with van der Waals surface area (Å²) in [6.07, 6.45) is 1.03. The van der Waals surface area contributed by atoms with Crippen molar-refractivity contribution < 1.29 is 17.9 Å². The van der Waals surface area contributed by atoms with Crippen molar-refractivity contribution >= 4 is 32.4 Å². The van der Waals surface area contributed by atoms with Crippen LogP contribution in [-0.2, 0) is 10.0 Å². The number of hydrogen-bond acceptors (Lipinski definition) is 6. The van der Waals surface area contributed by atoms with Gasteiger partial charge in [0.2, 0.25) is 10.0 Å². The second-order valence-electron chi connectivity index (χ2n) is 9.13. The molecule has 1 aliphatic heterocycles. The van der Waals surface area contributed by atoms with Crippen LogP contribution in [-0.4, -0.2) is 43.3 Å². The molecule has 1 saturated heterocycles. The van der Waals surface area contributed by atoms with Crippen LogP contribution in [0.5, 0.6) is 5.75 Å². The van der Waals surface area contributed by atoms with Gasteiger partial charge in [-0.25, -0.2) is 13.4 Å². The Morgan fingerprint density at radius 2 is 1.71 bits per heavy atom. The van der Waals surface area contributed by atoms with Crippen molar-refractivity contribution in [3.63, 3.8) is 0 Å². The van der Waals surface area contributed by atoms with Crippen LogP contribution in [0.2, 0.25) is 0 Å². The van der Waals surface area contributed by atoms with E-state index in [-0.39, 0.29) is 10.8 Å². The monoisotopic (exact) mass is 513 g/mol. The summed E-state index contributed by atoms with van der Waals surface area (Å²) in [6, 6.07) is 13.8. The van der Waals surface area contributed by atoms with E-state index in [1.807, 2.05) is 38.1 Å². The highest BCUT2D eigenvalue weighted by Crippen LogP contribution is 2.32. The van der Waals surface area contributed by atoms with Gasteiger partial charge >= 0.3 is 0 Å². The molecule has 4 rings (SSSR count). The molecule has 7 nitrogen and oxygen atoms in total. The molecule has 2 unspecified atom stereocenters. The Morgan fingerprint density at radius 3 is 2.31 bits per heavy atom. The Bertz CT molecular complexity index is 1280. The Morgan fingerprint density at radius 1 is 1.09 bits per heavy atom. The number of sulfonamides is 1. The molecule has 2 atom stereocenters. The number of carbonyl (C=O) groups is 1. The summed E-state index contributed by atoms with van der Waals surface area (Å²) in [5.74, 6) is 1.12. The summed E-state index contributed by atoms with van der Waals surface area (Å²) in [4.78, 5) is 18.6. The fourth-order valence-electron chi connectivity index (χ4n) is 4.49. The maximum atomic E-state index is 13.1. The molecule has 35 heavy (non-hydrogen) atoms. The van der Waals surface area contributed by atoms with Gasteiger partial charge in [0, 0.05) is 29.1 Å². The summed E-state index contributed by atoms with van der Waals surface area (Å²) >= 11 is 1.40. The summed E-state index contributed by atoms with van der Waals surface area (Å²) in [5, 5.41) is 3.33. The van der Waals surface area contributed by atoms with E-state index in [0.717, 1.165) is 28.3 Å². The number of anilines is 1. The first-order valence-corrected chi connectivity index (χ1v) is 14.0. The number of ether oxygens (including phenoxy) is 1. The fourth-order valence-corrected chi connectivity index (χ4v) is 7.00. The van der Waals surface area contributed by atoms with E-state index in [1.54, 1.807) is 16.4 Å². The summed E-state index contributed by atoms with van der Waals surface area (Å²) in [7, 11) is -3.59. The SMILES string of the molecule is CCOc1ccc(-c2nc(NC(=O)c3ccc(S(=O)(=O)N4CC(C)CC(C)C4)cc3)sc2C)cc1. The first kappa shape index (κ1) is 25.3. The van der Waals surface area contributed by atoms with Crippen molar-refractivity contribution in [1.29, 1.82) is 0 Å². The van der Waals surface area contributed by atoms with Gasteiger partial charge in [-0.15, -0.1) is 11.3 Å². The minimum absolute atomic E-state index is 0.207. The van der Waals surface area contributed by atoms with Crippen LogP contribution in [0.15, 0.2) is 53.4 Å². The van der Waals surface area contributed by atoms with Gasteiger partial charge in [0.25, 0.3) is 5.91 Å². The molecule has 0 spiro atoms. The fraction of sp³-hybridized carbons (Fsp3) is 0.385. The van der Waals surface area contributed by atoms with Crippen LogP contribution in [0.4, 0.5) is 5.13 Å². The van der Waals surface area contributed by atoms with Gasteiger partial charge in [-0.2, -0.15) is 4.31 Å². The van der Waals surface area contributed by atoms with Crippen LogP contribution < -0.4 is 10.1 Å². The molecule has 0 aliphatic carbocycles. The lowest BCUT2D eigenvalue weighted by Gasteiger charge is -2.34. The standard InChI is InChI=1S/C26H31N3O4S2/c1-5-33-22-10-6-20(7-11-22)24-19(4)34-26(27-24)28-25(30)21-8-12-23(13-9-21)35(31,32)29-15-17(2)14-18(3)16-29/h6-13,17-18H,5,14-16H2,1-4H3,(H,27,28,30). The second-order valence-corrected chi connectivity index (χ2v) is 12.3. The molecule has 1 aromatic heterocycles. The van der Waals surface area contributed by atoms with Crippen molar-refractivity contribution in [2.45, 2.75) is 39.0 Å². The van der Waals surface area contributed by atoms with Crippen molar-refractivity contribution in [3.8, 4) is 17.0 Å². The lowest BCUT2D eigenvalue weighted by molar-refractivity contribution is 0.102. The highest BCUT2D eigenvalue weighted by molar-refractivity contribution is 7.89. The zero-order chi connectivity index (χ0) is 25.2. The molecule has 1 amide bonds. The molecule has 0 saturated carbocycles. The van der Waals surface area contributed by atoms with Gasteiger partial charge in [-0.3, -0.25) is 10.1 Å². The number of amides is 1. The Kier molecular flexibility index (Phi) is 7.59. The molecule has 0 radical (unpaired) electrons. The number of hydrogen-bond donors (Lipinski definition) is 1. The molecule has 2 heterocycles. The van der Waals surface area contributed by atoms with Gasteiger partial charge in [0.05, 0.1) is 17.2 Å². The van der Waals surface area contributed by atoms with Crippen LogP contribution in [0.25, 0.3) is 11.3 Å². The molecule has 186 valence electrons. The van der Waals surface area contributed by atoms with Crippen molar-refractivity contribution in [1.82, 2.24) is 9.29 Å². The zero-order valence-electron chi connectivity index (χ0n) is 20.4. The van der Waals surface area contributed by atoms with Gasteiger partial charge in [0.15, 0.2) is 5.13 Å². The van der Waals surface area contributed by atoms with E-state index in [4.69, 9.17) is 4.74 Å². The average molecular weight is 514 g/mol. The Balaban J connectivity index is 1.46. The van der Waals surface area contributed by atoms with Gasteiger partial charge in [0.1, 0.15) is 5.75 Å². The number of nitrogens with zero attached hydrogens (tertiary/aromatic N) is 2. The Labute approximate surface area is 211 Å². The van der Waals surface area contributed by atoms with E-state index in [1.165, 1.54) is 23.5 Å². The average Bonchev–Trinajstić information content (AvgIpc) is 3.19. The highest BCUT2D eigenvalue weighted by Gasteiger charge is 2.31. The molecule has 9 heteroatoms. The molecule has 1 fully saturated rings. The van der Waals surface area contributed by atoms with Gasteiger partial charge in [-0.05, 0) is 80.6 Å². The summed E-state index contributed by atoms with van der Waals surface area (Å²) in [6.45, 7) is 9.70. The Hall–Kier alpha value is -2.75. The minimum Gasteiger partial charge on any atom is -0.494 e. The molecular formula is C26H31N3O4S2. The number of thiazole rings is 1. The topological polar surface area (TPSA) is 88.6 Å². The lowest BCUT2D eigenvalue weighted by atomic mass is 9.94. The van der Waals surface area contributed by atoms with Crippen LogP contribution in [0.1, 0.15) is 42.4 Å². The number of aromatic nitrogens is 1. The van der Waals surface area contributed by atoms with E-state index >= 15 is 0 Å². The van der Waals surface area contributed by atoms with Crippen molar-refractivity contribution in [2.75, 3.05) is 25.0 Å². The number of carbonyl (C=O) groups excluding carboxylic acids is 1. The van der Waals surface area contributed by atoms with Crippen LogP contribution in [0.3, 0.4) is 0 Å². The molecule has 0 bridgehead atoms. The number of benzene rings is 2. The molecule has 3 aromatic rings. The van der Waals surface area contributed by atoms with E-state index in [0.29, 0.717) is 42.2 Å². The number of piperidine rings is 1.